The number of nitro groups is 1. The third-order valence-electron chi connectivity index (χ3n) is 4.76. The SMILES string of the molecule is O=C(Nc1nc(-c2ccccc2Cl)cs1)c1ccc(N2CCCC2)c([N+](=O)[O-])c1. The first-order chi connectivity index (χ1) is 14.0. The molecule has 2 heterocycles. The van der Waals surface area contributed by atoms with Crippen LogP contribution >= 0.6 is 22.9 Å². The summed E-state index contributed by atoms with van der Waals surface area (Å²) in [6.07, 6.45) is 2.02. The molecule has 0 aliphatic carbocycles. The third kappa shape index (κ3) is 4.08. The minimum atomic E-state index is -0.443. The molecule has 9 heteroatoms. The number of halogens is 1. The van der Waals surface area contributed by atoms with Crippen LogP contribution in [0.1, 0.15) is 23.2 Å². The van der Waals surface area contributed by atoms with Gasteiger partial charge in [-0.25, -0.2) is 4.98 Å². The van der Waals surface area contributed by atoms with Gasteiger partial charge in [0.05, 0.1) is 10.6 Å². The Morgan fingerprint density at radius 2 is 1.97 bits per heavy atom. The Bertz CT molecular complexity index is 1080. The number of hydrogen-bond acceptors (Lipinski definition) is 6. The molecule has 0 spiro atoms. The van der Waals surface area contributed by atoms with Gasteiger partial charge in [0.1, 0.15) is 5.69 Å². The van der Waals surface area contributed by atoms with Crippen molar-refractivity contribution in [3.05, 3.63) is 68.5 Å². The maximum Gasteiger partial charge on any atom is 0.293 e. The average molecular weight is 429 g/mol. The fourth-order valence-corrected chi connectivity index (χ4v) is 4.27. The summed E-state index contributed by atoms with van der Waals surface area (Å²) in [4.78, 5) is 30.1. The molecular weight excluding hydrogens is 412 g/mol. The van der Waals surface area contributed by atoms with Gasteiger partial charge in [0, 0.05) is 40.7 Å². The highest BCUT2D eigenvalue weighted by Gasteiger charge is 2.24. The minimum absolute atomic E-state index is 0.0598. The Labute approximate surface area is 176 Å². The highest BCUT2D eigenvalue weighted by Crippen LogP contribution is 2.33. The molecule has 0 unspecified atom stereocenters. The summed E-state index contributed by atoms with van der Waals surface area (Å²) in [6.45, 7) is 1.58. The van der Waals surface area contributed by atoms with Crippen LogP contribution in [0.4, 0.5) is 16.5 Å². The van der Waals surface area contributed by atoms with E-state index in [4.69, 9.17) is 11.6 Å². The lowest BCUT2D eigenvalue weighted by Gasteiger charge is -2.17. The van der Waals surface area contributed by atoms with Crippen LogP contribution in [0, 0.1) is 10.1 Å². The van der Waals surface area contributed by atoms with Crippen molar-refractivity contribution in [2.45, 2.75) is 12.8 Å². The molecule has 0 radical (unpaired) electrons. The van der Waals surface area contributed by atoms with Crippen LogP contribution in [-0.4, -0.2) is 28.9 Å². The first-order valence-electron chi connectivity index (χ1n) is 9.08. The number of anilines is 2. The standard InChI is InChI=1S/C20H17ClN4O3S/c21-15-6-2-1-5-14(15)16-12-29-20(22-16)23-19(26)13-7-8-17(18(11-13)25(27)28)24-9-3-4-10-24/h1-2,5-8,11-12H,3-4,9-10H2,(H,22,23,26). The Hall–Kier alpha value is -2.97. The highest BCUT2D eigenvalue weighted by molar-refractivity contribution is 7.14. The zero-order valence-corrected chi connectivity index (χ0v) is 16.9. The number of benzene rings is 2. The Kier molecular flexibility index (Phi) is 5.46. The summed E-state index contributed by atoms with van der Waals surface area (Å²) in [5.74, 6) is -0.443. The molecule has 1 aromatic heterocycles. The van der Waals surface area contributed by atoms with Gasteiger partial charge in [-0.1, -0.05) is 29.8 Å². The fraction of sp³-hybridized carbons (Fsp3) is 0.200. The molecule has 148 valence electrons. The van der Waals surface area contributed by atoms with Crippen LogP contribution in [0.2, 0.25) is 5.02 Å². The van der Waals surface area contributed by atoms with E-state index in [0.717, 1.165) is 31.5 Å². The van der Waals surface area contributed by atoms with Gasteiger partial charge < -0.3 is 4.90 Å². The second-order valence-electron chi connectivity index (χ2n) is 6.63. The predicted molar refractivity (Wildman–Crippen MR) is 115 cm³/mol. The zero-order chi connectivity index (χ0) is 20.4. The molecule has 2 aromatic carbocycles. The van der Waals surface area contributed by atoms with Crippen molar-refractivity contribution in [1.82, 2.24) is 4.98 Å². The van der Waals surface area contributed by atoms with Gasteiger partial charge in [0.2, 0.25) is 0 Å². The van der Waals surface area contributed by atoms with Crippen LogP contribution in [-0.2, 0) is 0 Å². The van der Waals surface area contributed by atoms with Crippen LogP contribution in [0.25, 0.3) is 11.3 Å². The molecule has 0 saturated carbocycles. The predicted octanol–water partition coefficient (Wildman–Crippen LogP) is 5.22. The van der Waals surface area contributed by atoms with Gasteiger partial charge in [0.25, 0.3) is 11.6 Å². The topological polar surface area (TPSA) is 88.4 Å². The highest BCUT2D eigenvalue weighted by atomic mass is 35.5. The lowest BCUT2D eigenvalue weighted by atomic mass is 10.1. The van der Waals surface area contributed by atoms with E-state index >= 15 is 0 Å². The van der Waals surface area contributed by atoms with Crippen molar-refractivity contribution in [2.24, 2.45) is 0 Å². The molecular formula is C20H17ClN4O3S. The van der Waals surface area contributed by atoms with Crippen molar-refractivity contribution in [3.63, 3.8) is 0 Å². The van der Waals surface area contributed by atoms with E-state index in [0.29, 0.717) is 21.5 Å². The first kappa shape index (κ1) is 19.4. The molecule has 7 nitrogen and oxygen atoms in total. The summed E-state index contributed by atoms with van der Waals surface area (Å²) in [5.41, 5.74) is 2.15. The fourth-order valence-electron chi connectivity index (χ4n) is 3.33. The van der Waals surface area contributed by atoms with E-state index in [-0.39, 0.29) is 11.3 Å². The average Bonchev–Trinajstić information content (AvgIpc) is 3.40. The maximum atomic E-state index is 12.6. The van der Waals surface area contributed by atoms with E-state index in [1.54, 1.807) is 23.6 Å². The molecule has 0 atom stereocenters. The van der Waals surface area contributed by atoms with Gasteiger partial charge in [-0.3, -0.25) is 20.2 Å². The largest absolute Gasteiger partial charge is 0.366 e. The Morgan fingerprint density at radius 3 is 2.69 bits per heavy atom. The Balaban J connectivity index is 1.55. The lowest BCUT2D eigenvalue weighted by molar-refractivity contribution is -0.384. The van der Waals surface area contributed by atoms with Gasteiger partial charge in [-0.05, 0) is 31.0 Å². The number of carbonyl (C=O) groups excluding carboxylic acids is 1. The van der Waals surface area contributed by atoms with Crippen LogP contribution in [0.3, 0.4) is 0 Å². The smallest absolute Gasteiger partial charge is 0.293 e. The number of carbonyl (C=O) groups is 1. The van der Waals surface area contributed by atoms with Gasteiger partial charge >= 0.3 is 0 Å². The number of thiazole rings is 1. The monoisotopic (exact) mass is 428 g/mol. The summed E-state index contributed by atoms with van der Waals surface area (Å²) in [5, 5.41) is 17.0. The van der Waals surface area contributed by atoms with E-state index in [1.807, 2.05) is 23.1 Å². The molecule has 1 amide bonds. The lowest BCUT2D eigenvalue weighted by Crippen LogP contribution is -2.19. The van der Waals surface area contributed by atoms with Crippen LogP contribution < -0.4 is 10.2 Å². The zero-order valence-electron chi connectivity index (χ0n) is 15.3. The molecule has 4 rings (SSSR count). The molecule has 3 aromatic rings. The summed E-state index contributed by atoms with van der Waals surface area (Å²) in [6, 6.07) is 11.9. The molecule has 1 aliphatic rings. The number of amides is 1. The number of nitro benzene ring substituents is 1. The molecule has 1 fully saturated rings. The van der Waals surface area contributed by atoms with E-state index in [1.165, 1.54) is 17.4 Å². The molecule has 29 heavy (non-hydrogen) atoms. The van der Waals surface area contributed by atoms with Crippen molar-refractivity contribution in [1.29, 1.82) is 0 Å². The van der Waals surface area contributed by atoms with Crippen molar-refractivity contribution in [2.75, 3.05) is 23.3 Å². The molecule has 1 aliphatic heterocycles. The van der Waals surface area contributed by atoms with E-state index in [9.17, 15) is 14.9 Å². The molecule has 0 bridgehead atoms. The van der Waals surface area contributed by atoms with Crippen molar-refractivity contribution < 1.29 is 9.72 Å². The molecule has 1 N–H and O–H groups in total. The quantitative estimate of drug-likeness (QED) is 0.444. The van der Waals surface area contributed by atoms with Gasteiger partial charge in [-0.15, -0.1) is 11.3 Å². The number of nitrogens with zero attached hydrogens (tertiary/aromatic N) is 3. The first-order valence-corrected chi connectivity index (χ1v) is 10.3. The van der Waals surface area contributed by atoms with Crippen molar-refractivity contribution in [3.8, 4) is 11.3 Å². The van der Waals surface area contributed by atoms with Gasteiger partial charge in [0.15, 0.2) is 5.13 Å². The maximum absolute atomic E-state index is 12.6. The van der Waals surface area contributed by atoms with Crippen molar-refractivity contribution >= 4 is 45.4 Å². The number of hydrogen-bond donors (Lipinski definition) is 1. The van der Waals surface area contributed by atoms with E-state index in [2.05, 4.69) is 10.3 Å². The van der Waals surface area contributed by atoms with Crippen LogP contribution in [0.15, 0.2) is 47.8 Å². The Morgan fingerprint density at radius 1 is 1.21 bits per heavy atom. The second-order valence-corrected chi connectivity index (χ2v) is 7.89. The second kappa shape index (κ2) is 8.18. The number of rotatable bonds is 5. The van der Waals surface area contributed by atoms with Crippen LogP contribution in [0.5, 0.6) is 0 Å². The number of aromatic nitrogens is 1. The summed E-state index contributed by atoms with van der Waals surface area (Å²) >= 11 is 7.46. The minimum Gasteiger partial charge on any atom is -0.366 e. The van der Waals surface area contributed by atoms with E-state index < -0.39 is 10.8 Å². The summed E-state index contributed by atoms with van der Waals surface area (Å²) in [7, 11) is 0. The normalized spacial score (nSPS) is 13.5. The third-order valence-corrected chi connectivity index (χ3v) is 5.84. The summed E-state index contributed by atoms with van der Waals surface area (Å²) < 4.78 is 0. The molecule has 1 saturated heterocycles. The number of nitrogens with one attached hydrogen (secondary N) is 1. The van der Waals surface area contributed by atoms with Gasteiger partial charge in [-0.2, -0.15) is 0 Å².